The molecule has 1 fully saturated rings. The molecule has 0 saturated carbocycles. The summed E-state index contributed by atoms with van der Waals surface area (Å²) in [5.41, 5.74) is -0.764. The van der Waals surface area contributed by atoms with E-state index < -0.39 is 17.8 Å². The molecule has 1 amide bonds. The van der Waals surface area contributed by atoms with Crippen molar-refractivity contribution in [1.82, 2.24) is 4.90 Å². The number of alkyl halides is 3. The highest BCUT2D eigenvalue weighted by atomic mass is 19.4. The van der Waals surface area contributed by atoms with E-state index in [1.807, 2.05) is 6.92 Å². The van der Waals surface area contributed by atoms with Crippen LogP contribution in [0.3, 0.4) is 0 Å². The molecule has 1 aliphatic heterocycles. The maximum atomic E-state index is 12.3. The molecule has 0 N–H and O–H groups in total. The van der Waals surface area contributed by atoms with Gasteiger partial charge >= 0.3 is 12.3 Å². The lowest BCUT2D eigenvalue weighted by atomic mass is 10.1. The highest BCUT2D eigenvalue weighted by Crippen LogP contribution is 2.30. The van der Waals surface area contributed by atoms with Crippen LogP contribution >= 0.6 is 0 Å². The maximum absolute atomic E-state index is 12.3. The third kappa shape index (κ3) is 2.57. The Balaban J connectivity index is 2.00. The SMILES string of the molecule is CC1CCN1C(=O)Oc1ccc(C(F)(F)F)cc1. The summed E-state index contributed by atoms with van der Waals surface area (Å²) in [5.74, 6) is 0.118. The fourth-order valence-electron chi connectivity index (χ4n) is 1.66. The van der Waals surface area contributed by atoms with E-state index in [1.165, 1.54) is 4.90 Å². The van der Waals surface area contributed by atoms with Gasteiger partial charge in [0.15, 0.2) is 0 Å². The van der Waals surface area contributed by atoms with Crippen LogP contribution in [0.25, 0.3) is 0 Å². The number of likely N-dealkylation sites (tertiary alicyclic amines) is 1. The van der Waals surface area contributed by atoms with Gasteiger partial charge in [0.2, 0.25) is 0 Å². The van der Waals surface area contributed by atoms with Crippen molar-refractivity contribution in [3.63, 3.8) is 0 Å². The number of ether oxygens (including phenoxy) is 1. The Labute approximate surface area is 102 Å². The summed E-state index contributed by atoms with van der Waals surface area (Å²) >= 11 is 0. The molecule has 0 aromatic heterocycles. The van der Waals surface area contributed by atoms with Gasteiger partial charge < -0.3 is 9.64 Å². The van der Waals surface area contributed by atoms with Gasteiger partial charge in [-0.15, -0.1) is 0 Å². The van der Waals surface area contributed by atoms with Gasteiger partial charge in [-0.3, -0.25) is 0 Å². The molecular formula is C12H12F3NO2. The van der Waals surface area contributed by atoms with Crippen molar-refractivity contribution in [3.05, 3.63) is 29.8 Å². The highest BCUT2D eigenvalue weighted by Gasteiger charge is 2.31. The first-order valence-electron chi connectivity index (χ1n) is 5.53. The molecule has 1 saturated heterocycles. The molecule has 6 heteroatoms. The molecule has 1 atom stereocenters. The highest BCUT2D eigenvalue weighted by molar-refractivity contribution is 5.71. The van der Waals surface area contributed by atoms with E-state index in [1.54, 1.807) is 0 Å². The fraction of sp³-hybridized carbons (Fsp3) is 0.417. The summed E-state index contributed by atoms with van der Waals surface area (Å²) < 4.78 is 41.9. The van der Waals surface area contributed by atoms with Crippen LogP contribution in [0.15, 0.2) is 24.3 Å². The lowest BCUT2D eigenvalue weighted by Gasteiger charge is -2.37. The van der Waals surface area contributed by atoms with Crippen LogP contribution in [0.4, 0.5) is 18.0 Å². The predicted molar refractivity (Wildman–Crippen MR) is 58.3 cm³/mol. The maximum Gasteiger partial charge on any atom is 0.416 e. The molecule has 1 aliphatic rings. The molecule has 0 radical (unpaired) electrons. The van der Waals surface area contributed by atoms with E-state index >= 15 is 0 Å². The topological polar surface area (TPSA) is 29.5 Å². The number of carbonyl (C=O) groups is 1. The molecule has 0 spiro atoms. The van der Waals surface area contributed by atoms with Crippen LogP contribution in [0, 0.1) is 0 Å². The van der Waals surface area contributed by atoms with E-state index in [-0.39, 0.29) is 11.8 Å². The first-order valence-corrected chi connectivity index (χ1v) is 5.53. The van der Waals surface area contributed by atoms with Crippen molar-refractivity contribution in [1.29, 1.82) is 0 Å². The minimum Gasteiger partial charge on any atom is -0.410 e. The Kier molecular flexibility index (Phi) is 3.19. The number of hydrogen-bond acceptors (Lipinski definition) is 2. The van der Waals surface area contributed by atoms with Crippen molar-refractivity contribution in [3.8, 4) is 5.75 Å². The summed E-state index contributed by atoms with van der Waals surface area (Å²) in [5, 5.41) is 0. The zero-order valence-corrected chi connectivity index (χ0v) is 9.70. The first kappa shape index (κ1) is 12.7. The first-order chi connectivity index (χ1) is 8.38. The Hall–Kier alpha value is -1.72. The van der Waals surface area contributed by atoms with Gasteiger partial charge in [0, 0.05) is 12.6 Å². The minimum absolute atomic E-state index is 0.118. The van der Waals surface area contributed by atoms with E-state index in [9.17, 15) is 18.0 Å². The number of nitrogens with zero attached hydrogens (tertiary/aromatic N) is 1. The number of rotatable bonds is 1. The summed E-state index contributed by atoms with van der Waals surface area (Å²) in [6, 6.07) is 4.20. The molecular weight excluding hydrogens is 247 g/mol. The van der Waals surface area contributed by atoms with Crippen molar-refractivity contribution in [2.75, 3.05) is 6.54 Å². The Morgan fingerprint density at radius 1 is 1.33 bits per heavy atom. The molecule has 0 aliphatic carbocycles. The largest absolute Gasteiger partial charge is 0.416 e. The van der Waals surface area contributed by atoms with Gasteiger partial charge in [-0.25, -0.2) is 4.79 Å². The molecule has 98 valence electrons. The lowest BCUT2D eigenvalue weighted by molar-refractivity contribution is -0.137. The summed E-state index contributed by atoms with van der Waals surface area (Å²) in [6.07, 6.45) is -3.98. The Morgan fingerprint density at radius 3 is 2.33 bits per heavy atom. The second-order valence-electron chi connectivity index (χ2n) is 4.22. The van der Waals surface area contributed by atoms with Gasteiger partial charge in [0.1, 0.15) is 5.75 Å². The van der Waals surface area contributed by atoms with Crippen LogP contribution < -0.4 is 4.74 Å². The van der Waals surface area contributed by atoms with Crippen molar-refractivity contribution in [2.45, 2.75) is 25.6 Å². The van der Waals surface area contributed by atoms with Gasteiger partial charge in [-0.2, -0.15) is 13.2 Å². The zero-order chi connectivity index (χ0) is 13.3. The molecule has 2 rings (SSSR count). The Bertz CT molecular complexity index is 442. The lowest BCUT2D eigenvalue weighted by Crippen LogP contribution is -2.50. The number of carbonyl (C=O) groups excluding carboxylic acids is 1. The smallest absolute Gasteiger partial charge is 0.410 e. The molecule has 0 bridgehead atoms. The monoisotopic (exact) mass is 259 g/mol. The number of benzene rings is 1. The minimum atomic E-state index is -4.38. The molecule has 1 heterocycles. The van der Waals surface area contributed by atoms with E-state index in [0.717, 1.165) is 30.7 Å². The average Bonchev–Trinajstić information content (AvgIpc) is 2.26. The molecule has 18 heavy (non-hydrogen) atoms. The summed E-state index contributed by atoms with van der Waals surface area (Å²) in [7, 11) is 0. The van der Waals surface area contributed by atoms with E-state index in [2.05, 4.69) is 0 Å². The fourth-order valence-corrected chi connectivity index (χ4v) is 1.66. The third-order valence-electron chi connectivity index (χ3n) is 2.94. The second kappa shape index (κ2) is 4.51. The molecule has 1 unspecified atom stereocenters. The Morgan fingerprint density at radius 2 is 1.94 bits per heavy atom. The number of halogens is 3. The van der Waals surface area contributed by atoms with Crippen LogP contribution in [0.2, 0.25) is 0 Å². The number of amides is 1. The van der Waals surface area contributed by atoms with Gasteiger partial charge in [0.05, 0.1) is 5.56 Å². The van der Waals surface area contributed by atoms with Gasteiger partial charge in [-0.05, 0) is 37.6 Å². The average molecular weight is 259 g/mol. The van der Waals surface area contributed by atoms with Crippen molar-refractivity contribution >= 4 is 6.09 Å². The molecule has 1 aromatic rings. The zero-order valence-electron chi connectivity index (χ0n) is 9.70. The van der Waals surface area contributed by atoms with E-state index in [0.29, 0.717) is 6.54 Å². The quantitative estimate of drug-likeness (QED) is 0.774. The van der Waals surface area contributed by atoms with Crippen molar-refractivity contribution < 1.29 is 22.7 Å². The van der Waals surface area contributed by atoms with Crippen LogP contribution in [0.5, 0.6) is 5.75 Å². The summed E-state index contributed by atoms with van der Waals surface area (Å²) in [4.78, 5) is 13.1. The van der Waals surface area contributed by atoms with Crippen LogP contribution in [-0.2, 0) is 6.18 Å². The van der Waals surface area contributed by atoms with Crippen LogP contribution in [-0.4, -0.2) is 23.6 Å². The van der Waals surface area contributed by atoms with E-state index in [4.69, 9.17) is 4.74 Å². The summed E-state index contributed by atoms with van der Waals surface area (Å²) in [6.45, 7) is 2.51. The number of hydrogen-bond donors (Lipinski definition) is 0. The predicted octanol–water partition coefficient (Wildman–Crippen LogP) is 3.30. The molecule has 1 aromatic carbocycles. The van der Waals surface area contributed by atoms with Gasteiger partial charge in [0.25, 0.3) is 0 Å². The third-order valence-corrected chi connectivity index (χ3v) is 2.94. The van der Waals surface area contributed by atoms with Crippen LogP contribution in [0.1, 0.15) is 18.9 Å². The normalized spacial score (nSPS) is 19.3. The van der Waals surface area contributed by atoms with Gasteiger partial charge in [-0.1, -0.05) is 0 Å². The second-order valence-corrected chi connectivity index (χ2v) is 4.22. The van der Waals surface area contributed by atoms with Crippen molar-refractivity contribution in [2.24, 2.45) is 0 Å². The standard InChI is InChI=1S/C12H12F3NO2/c1-8-6-7-16(8)11(17)18-10-4-2-9(3-5-10)12(13,14)15/h2-5,8H,6-7H2,1H3. The molecule has 3 nitrogen and oxygen atoms in total.